The molecule has 116 valence electrons. The topological polar surface area (TPSA) is 58.4 Å². The zero-order valence-corrected chi connectivity index (χ0v) is 14.6. The Balaban J connectivity index is 2.43. The van der Waals surface area contributed by atoms with Crippen molar-refractivity contribution in [3.63, 3.8) is 0 Å². The first-order chi connectivity index (χ1) is 9.30. The lowest BCUT2D eigenvalue weighted by Gasteiger charge is -2.39. The molecule has 0 aliphatic carbocycles. The number of thioether (sulfide) groups is 1. The molecule has 3 N–H and O–H groups in total. The van der Waals surface area contributed by atoms with Crippen molar-refractivity contribution in [2.45, 2.75) is 44.4 Å². The SMILES string of the molecule is CSC1(C(N)=S)CCN(CC(=O)NC(C)C(C)C)CC1. The molecule has 1 aliphatic rings. The molecule has 0 aromatic heterocycles. The van der Waals surface area contributed by atoms with E-state index in [1.165, 1.54) is 0 Å². The molecule has 1 amide bonds. The molecule has 0 aromatic carbocycles. The van der Waals surface area contributed by atoms with Crippen molar-refractivity contribution in [3.05, 3.63) is 0 Å². The van der Waals surface area contributed by atoms with Gasteiger partial charge in [-0.2, -0.15) is 11.8 Å². The monoisotopic (exact) mass is 317 g/mol. The normalized spacial score (nSPS) is 20.6. The van der Waals surface area contributed by atoms with E-state index >= 15 is 0 Å². The highest BCUT2D eigenvalue weighted by Gasteiger charge is 2.36. The van der Waals surface area contributed by atoms with Crippen LogP contribution in [0.25, 0.3) is 0 Å². The Morgan fingerprint density at radius 3 is 2.35 bits per heavy atom. The highest BCUT2D eigenvalue weighted by atomic mass is 32.2. The predicted octanol–water partition coefficient (Wildman–Crippen LogP) is 1.63. The van der Waals surface area contributed by atoms with Gasteiger partial charge in [-0.3, -0.25) is 9.69 Å². The molecule has 1 saturated heterocycles. The minimum atomic E-state index is -0.0759. The van der Waals surface area contributed by atoms with E-state index in [-0.39, 0.29) is 16.7 Å². The van der Waals surface area contributed by atoms with Gasteiger partial charge in [0.15, 0.2) is 0 Å². The van der Waals surface area contributed by atoms with Crippen molar-refractivity contribution >= 4 is 34.9 Å². The zero-order valence-electron chi connectivity index (χ0n) is 12.9. The molecule has 0 aromatic rings. The average molecular weight is 318 g/mol. The lowest BCUT2D eigenvalue weighted by molar-refractivity contribution is -0.123. The molecule has 0 saturated carbocycles. The standard InChI is InChI=1S/C14H27N3OS2/c1-10(2)11(3)16-12(18)9-17-7-5-14(20-4,6-8-17)13(15)19/h10-11H,5-9H2,1-4H3,(H2,15,19)(H,16,18). The summed E-state index contributed by atoms with van der Waals surface area (Å²) in [7, 11) is 0. The van der Waals surface area contributed by atoms with E-state index in [0.717, 1.165) is 25.9 Å². The molecule has 0 spiro atoms. The van der Waals surface area contributed by atoms with E-state index in [1.807, 2.05) is 6.92 Å². The third kappa shape index (κ3) is 4.60. The number of amides is 1. The van der Waals surface area contributed by atoms with Gasteiger partial charge in [-0.05, 0) is 31.9 Å². The fraction of sp³-hybridized carbons (Fsp3) is 0.857. The van der Waals surface area contributed by atoms with Crippen molar-refractivity contribution in [2.24, 2.45) is 11.7 Å². The smallest absolute Gasteiger partial charge is 0.234 e. The second kappa shape index (κ2) is 7.61. The number of carbonyl (C=O) groups is 1. The molecule has 1 atom stereocenters. The van der Waals surface area contributed by atoms with Crippen LogP contribution in [-0.2, 0) is 4.79 Å². The van der Waals surface area contributed by atoms with Gasteiger partial charge < -0.3 is 11.1 Å². The number of nitrogens with zero attached hydrogens (tertiary/aromatic N) is 1. The van der Waals surface area contributed by atoms with Gasteiger partial charge >= 0.3 is 0 Å². The summed E-state index contributed by atoms with van der Waals surface area (Å²) < 4.78 is -0.0759. The van der Waals surface area contributed by atoms with Gasteiger partial charge in [-0.1, -0.05) is 26.1 Å². The molecule has 1 unspecified atom stereocenters. The molecular weight excluding hydrogens is 290 g/mol. The van der Waals surface area contributed by atoms with Crippen LogP contribution in [0.5, 0.6) is 0 Å². The number of hydrogen-bond donors (Lipinski definition) is 2. The van der Waals surface area contributed by atoms with E-state index < -0.39 is 0 Å². The van der Waals surface area contributed by atoms with Gasteiger partial charge in [0.2, 0.25) is 5.91 Å². The summed E-state index contributed by atoms with van der Waals surface area (Å²) in [5, 5.41) is 3.05. The highest BCUT2D eigenvalue weighted by molar-refractivity contribution is 8.02. The first-order valence-electron chi connectivity index (χ1n) is 7.17. The van der Waals surface area contributed by atoms with Crippen LogP contribution in [0.1, 0.15) is 33.6 Å². The van der Waals surface area contributed by atoms with Gasteiger partial charge in [0.1, 0.15) is 0 Å². The van der Waals surface area contributed by atoms with Crippen LogP contribution in [0.3, 0.4) is 0 Å². The molecule has 4 nitrogen and oxygen atoms in total. The molecular formula is C14H27N3OS2. The van der Waals surface area contributed by atoms with Crippen molar-refractivity contribution in [2.75, 3.05) is 25.9 Å². The van der Waals surface area contributed by atoms with Crippen LogP contribution in [0.2, 0.25) is 0 Å². The number of thiocarbonyl (C=S) groups is 1. The summed E-state index contributed by atoms with van der Waals surface area (Å²) in [4.78, 5) is 14.8. The van der Waals surface area contributed by atoms with E-state index in [4.69, 9.17) is 18.0 Å². The minimum Gasteiger partial charge on any atom is -0.392 e. The Morgan fingerprint density at radius 1 is 1.40 bits per heavy atom. The lowest BCUT2D eigenvalue weighted by atomic mass is 9.95. The number of likely N-dealkylation sites (tertiary alicyclic amines) is 1. The Hall–Kier alpha value is -0.330. The third-order valence-corrected chi connectivity index (χ3v) is 6.19. The molecule has 0 bridgehead atoms. The maximum absolute atomic E-state index is 12.0. The van der Waals surface area contributed by atoms with Crippen molar-refractivity contribution in [1.82, 2.24) is 10.2 Å². The summed E-state index contributed by atoms with van der Waals surface area (Å²) in [6, 6.07) is 0.217. The van der Waals surface area contributed by atoms with Gasteiger partial charge in [0.05, 0.1) is 16.3 Å². The van der Waals surface area contributed by atoms with Crippen LogP contribution < -0.4 is 11.1 Å². The summed E-state index contributed by atoms with van der Waals surface area (Å²) in [5.74, 6) is 0.567. The number of hydrogen-bond acceptors (Lipinski definition) is 4. The number of nitrogens with one attached hydrogen (secondary N) is 1. The number of piperidine rings is 1. The quantitative estimate of drug-likeness (QED) is 0.729. The van der Waals surface area contributed by atoms with Gasteiger partial charge in [0.25, 0.3) is 0 Å². The Morgan fingerprint density at radius 2 is 1.95 bits per heavy atom. The summed E-state index contributed by atoms with van der Waals surface area (Å²) in [5.41, 5.74) is 5.87. The molecule has 20 heavy (non-hydrogen) atoms. The summed E-state index contributed by atoms with van der Waals surface area (Å²) in [6.45, 7) is 8.49. The van der Waals surface area contributed by atoms with Gasteiger partial charge in [-0.25, -0.2) is 0 Å². The first-order valence-corrected chi connectivity index (χ1v) is 8.81. The highest BCUT2D eigenvalue weighted by Crippen LogP contribution is 2.34. The molecule has 0 radical (unpaired) electrons. The maximum Gasteiger partial charge on any atom is 0.234 e. The Kier molecular flexibility index (Phi) is 6.75. The van der Waals surface area contributed by atoms with Crippen molar-refractivity contribution in [3.8, 4) is 0 Å². The van der Waals surface area contributed by atoms with Crippen LogP contribution in [0, 0.1) is 5.92 Å². The van der Waals surface area contributed by atoms with E-state index in [1.54, 1.807) is 11.8 Å². The van der Waals surface area contributed by atoms with E-state index in [9.17, 15) is 4.79 Å². The average Bonchev–Trinajstić information content (AvgIpc) is 2.39. The minimum absolute atomic E-state index is 0.0759. The summed E-state index contributed by atoms with van der Waals surface area (Å²) in [6.07, 6.45) is 3.92. The van der Waals surface area contributed by atoms with Crippen LogP contribution in [0.4, 0.5) is 0 Å². The molecule has 6 heteroatoms. The zero-order chi connectivity index (χ0) is 15.3. The molecule has 1 rings (SSSR count). The fourth-order valence-electron chi connectivity index (χ4n) is 2.29. The van der Waals surface area contributed by atoms with Crippen LogP contribution in [-0.4, -0.2) is 52.5 Å². The largest absolute Gasteiger partial charge is 0.392 e. The molecule has 1 fully saturated rings. The first kappa shape index (κ1) is 17.7. The van der Waals surface area contributed by atoms with Crippen molar-refractivity contribution < 1.29 is 4.79 Å². The Labute approximate surface area is 132 Å². The second-order valence-electron chi connectivity index (χ2n) is 5.94. The molecule has 1 aliphatic heterocycles. The summed E-state index contributed by atoms with van der Waals surface area (Å²) >= 11 is 6.94. The predicted molar refractivity (Wildman–Crippen MR) is 91.1 cm³/mol. The van der Waals surface area contributed by atoms with E-state index in [0.29, 0.717) is 17.5 Å². The molecule has 1 heterocycles. The third-order valence-electron chi connectivity index (χ3n) is 4.26. The van der Waals surface area contributed by atoms with Gasteiger partial charge in [0, 0.05) is 19.1 Å². The van der Waals surface area contributed by atoms with Crippen LogP contribution >= 0.6 is 24.0 Å². The lowest BCUT2D eigenvalue weighted by Crippen LogP contribution is -2.51. The second-order valence-corrected chi connectivity index (χ2v) is 7.57. The number of rotatable bonds is 6. The van der Waals surface area contributed by atoms with Crippen LogP contribution in [0.15, 0.2) is 0 Å². The van der Waals surface area contributed by atoms with Crippen molar-refractivity contribution in [1.29, 1.82) is 0 Å². The fourth-order valence-corrected chi connectivity index (χ4v) is 3.54. The van der Waals surface area contributed by atoms with Gasteiger partial charge in [-0.15, -0.1) is 0 Å². The number of nitrogens with two attached hydrogens (primary N) is 1. The number of carbonyl (C=O) groups excluding carboxylic acids is 1. The van der Waals surface area contributed by atoms with E-state index in [2.05, 4.69) is 30.3 Å². The Bertz CT molecular complexity index is 352. The maximum atomic E-state index is 12.0.